The molecule has 88 valence electrons. The number of aliphatic hydroxyl groups is 1. The Morgan fingerprint density at radius 2 is 2.00 bits per heavy atom. The number of rotatable bonds is 5. The quantitative estimate of drug-likeness (QED) is 0.793. The fraction of sp³-hybridized carbons (Fsp3) is 0.571. The highest BCUT2D eigenvalue weighted by Gasteiger charge is 2.26. The van der Waals surface area contributed by atoms with Crippen LogP contribution in [0.2, 0.25) is 0 Å². The molecule has 2 heteroatoms. The lowest BCUT2D eigenvalue weighted by Gasteiger charge is -2.36. The van der Waals surface area contributed by atoms with E-state index >= 15 is 0 Å². The van der Waals surface area contributed by atoms with Crippen molar-refractivity contribution in [2.75, 3.05) is 6.61 Å². The van der Waals surface area contributed by atoms with Crippen molar-refractivity contribution in [3.05, 3.63) is 35.9 Å². The second-order valence-electron chi connectivity index (χ2n) is 5.01. The average Bonchev–Trinajstić information content (AvgIpc) is 2.27. The molecule has 2 N–H and O–H groups in total. The summed E-state index contributed by atoms with van der Waals surface area (Å²) in [6.45, 7) is 2.50. The summed E-state index contributed by atoms with van der Waals surface area (Å²) in [4.78, 5) is 0. The van der Waals surface area contributed by atoms with E-state index in [0.717, 1.165) is 12.3 Å². The normalized spacial score (nSPS) is 26.1. The number of hydrogen-bond donors (Lipinski definition) is 2. The summed E-state index contributed by atoms with van der Waals surface area (Å²) >= 11 is 0. The maximum atomic E-state index is 9.36. The molecule has 0 radical (unpaired) electrons. The fourth-order valence-corrected chi connectivity index (χ4v) is 2.45. The van der Waals surface area contributed by atoms with Crippen LogP contribution in [0.3, 0.4) is 0 Å². The zero-order valence-corrected chi connectivity index (χ0v) is 9.89. The van der Waals surface area contributed by atoms with Crippen molar-refractivity contribution in [1.82, 2.24) is 5.32 Å². The number of hydrogen-bond acceptors (Lipinski definition) is 2. The lowest BCUT2D eigenvalue weighted by atomic mass is 9.81. The summed E-state index contributed by atoms with van der Waals surface area (Å²) in [5.41, 5.74) is 1.29. The molecule has 1 fully saturated rings. The highest BCUT2D eigenvalue weighted by Crippen LogP contribution is 2.26. The molecule has 2 rings (SSSR count). The molecule has 2 nitrogen and oxygen atoms in total. The Balaban J connectivity index is 1.81. The van der Waals surface area contributed by atoms with Crippen LogP contribution >= 0.6 is 0 Å². The standard InChI is InChI=1S/C14H21NO/c1-11-7-13(8-11)15-14(10-16)9-12-5-3-2-4-6-12/h2-6,11,13-16H,7-10H2,1H3/t11?,13?,14-/m1/s1. The first-order chi connectivity index (χ1) is 7.78. The third-order valence-corrected chi connectivity index (χ3v) is 3.39. The maximum absolute atomic E-state index is 9.36. The second kappa shape index (κ2) is 5.46. The van der Waals surface area contributed by atoms with Gasteiger partial charge in [0, 0.05) is 12.1 Å². The van der Waals surface area contributed by atoms with Crippen molar-refractivity contribution in [1.29, 1.82) is 0 Å². The number of benzene rings is 1. The molecule has 1 aliphatic rings. The van der Waals surface area contributed by atoms with Gasteiger partial charge >= 0.3 is 0 Å². The van der Waals surface area contributed by atoms with E-state index < -0.39 is 0 Å². The van der Waals surface area contributed by atoms with Gasteiger partial charge in [0.15, 0.2) is 0 Å². The monoisotopic (exact) mass is 219 g/mol. The van der Waals surface area contributed by atoms with Gasteiger partial charge in [-0.05, 0) is 30.7 Å². The van der Waals surface area contributed by atoms with Gasteiger partial charge < -0.3 is 10.4 Å². The summed E-state index contributed by atoms with van der Waals surface area (Å²) in [5, 5.41) is 12.9. The van der Waals surface area contributed by atoms with Crippen LogP contribution in [-0.4, -0.2) is 23.8 Å². The van der Waals surface area contributed by atoms with E-state index in [1.165, 1.54) is 18.4 Å². The zero-order valence-electron chi connectivity index (χ0n) is 9.89. The molecule has 0 aromatic heterocycles. The first-order valence-electron chi connectivity index (χ1n) is 6.18. The molecule has 0 amide bonds. The van der Waals surface area contributed by atoms with Gasteiger partial charge in [-0.15, -0.1) is 0 Å². The van der Waals surface area contributed by atoms with Crippen LogP contribution in [-0.2, 0) is 6.42 Å². The predicted molar refractivity (Wildman–Crippen MR) is 66.3 cm³/mol. The molecule has 0 aliphatic heterocycles. The fourth-order valence-electron chi connectivity index (χ4n) is 2.45. The van der Waals surface area contributed by atoms with Gasteiger partial charge in [0.1, 0.15) is 0 Å². The Hall–Kier alpha value is -0.860. The Kier molecular flexibility index (Phi) is 3.97. The van der Waals surface area contributed by atoms with Crippen LogP contribution in [0.15, 0.2) is 30.3 Å². The lowest BCUT2D eigenvalue weighted by molar-refractivity contribution is 0.177. The Morgan fingerprint density at radius 1 is 1.31 bits per heavy atom. The number of nitrogens with one attached hydrogen (secondary N) is 1. The third kappa shape index (κ3) is 3.06. The summed E-state index contributed by atoms with van der Waals surface area (Å²) in [5.74, 6) is 0.855. The van der Waals surface area contributed by atoms with Gasteiger partial charge in [-0.2, -0.15) is 0 Å². The van der Waals surface area contributed by atoms with Crippen LogP contribution in [0.4, 0.5) is 0 Å². The van der Waals surface area contributed by atoms with E-state index in [2.05, 4.69) is 36.5 Å². The molecule has 1 aromatic rings. The maximum Gasteiger partial charge on any atom is 0.0587 e. The van der Waals surface area contributed by atoms with Gasteiger partial charge in [0.05, 0.1) is 6.61 Å². The van der Waals surface area contributed by atoms with Crippen molar-refractivity contribution >= 4 is 0 Å². The Morgan fingerprint density at radius 3 is 2.56 bits per heavy atom. The van der Waals surface area contributed by atoms with Crippen LogP contribution in [0.5, 0.6) is 0 Å². The smallest absolute Gasteiger partial charge is 0.0587 e. The summed E-state index contributed by atoms with van der Waals surface area (Å²) in [6.07, 6.45) is 3.43. The predicted octanol–water partition coefficient (Wildman–Crippen LogP) is 1.98. The van der Waals surface area contributed by atoms with Crippen LogP contribution in [0.25, 0.3) is 0 Å². The molecule has 0 saturated heterocycles. The van der Waals surface area contributed by atoms with E-state index in [4.69, 9.17) is 0 Å². The van der Waals surface area contributed by atoms with Crippen LogP contribution < -0.4 is 5.32 Å². The van der Waals surface area contributed by atoms with Crippen molar-refractivity contribution < 1.29 is 5.11 Å². The molecule has 0 spiro atoms. The number of aliphatic hydroxyl groups excluding tert-OH is 1. The highest BCUT2D eigenvalue weighted by molar-refractivity contribution is 5.16. The topological polar surface area (TPSA) is 32.3 Å². The molecule has 16 heavy (non-hydrogen) atoms. The molecule has 0 bridgehead atoms. The van der Waals surface area contributed by atoms with Crippen molar-refractivity contribution in [2.45, 2.75) is 38.3 Å². The summed E-state index contributed by atoms with van der Waals surface area (Å²) in [6, 6.07) is 11.2. The SMILES string of the molecule is CC1CC(N[C@@H](CO)Cc2ccccc2)C1. The van der Waals surface area contributed by atoms with Crippen LogP contribution in [0, 0.1) is 5.92 Å². The Bertz CT molecular complexity index is 306. The summed E-state index contributed by atoms with van der Waals surface area (Å²) in [7, 11) is 0. The summed E-state index contributed by atoms with van der Waals surface area (Å²) < 4.78 is 0. The van der Waals surface area contributed by atoms with Gasteiger partial charge in [-0.25, -0.2) is 0 Å². The van der Waals surface area contributed by atoms with E-state index in [9.17, 15) is 5.11 Å². The van der Waals surface area contributed by atoms with E-state index in [1.807, 2.05) is 6.07 Å². The molecule has 0 unspecified atom stereocenters. The van der Waals surface area contributed by atoms with Gasteiger partial charge in [-0.3, -0.25) is 0 Å². The van der Waals surface area contributed by atoms with E-state index in [1.54, 1.807) is 0 Å². The molecule has 1 aliphatic carbocycles. The molecular formula is C14H21NO. The van der Waals surface area contributed by atoms with Gasteiger partial charge in [0.2, 0.25) is 0 Å². The van der Waals surface area contributed by atoms with Crippen LogP contribution in [0.1, 0.15) is 25.3 Å². The lowest BCUT2D eigenvalue weighted by Crippen LogP contribution is -2.47. The molecule has 0 heterocycles. The third-order valence-electron chi connectivity index (χ3n) is 3.39. The largest absolute Gasteiger partial charge is 0.395 e. The first-order valence-corrected chi connectivity index (χ1v) is 6.18. The second-order valence-corrected chi connectivity index (χ2v) is 5.01. The van der Waals surface area contributed by atoms with Crippen molar-refractivity contribution in [3.63, 3.8) is 0 Å². The average molecular weight is 219 g/mol. The molecule has 1 aromatic carbocycles. The minimum absolute atomic E-state index is 0.208. The Labute approximate surface area is 97.7 Å². The molecular weight excluding hydrogens is 198 g/mol. The molecule has 1 saturated carbocycles. The van der Waals surface area contributed by atoms with Crippen molar-refractivity contribution in [3.8, 4) is 0 Å². The minimum Gasteiger partial charge on any atom is -0.395 e. The zero-order chi connectivity index (χ0) is 11.4. The van der Waals surface area contributed by atoms with E-state index in [-0.39, 0.29) is 12.6 Å². The van der Waals surface area contributed by atoms with Crippen molar-refractivity contribution in [2.24, 2.45) is 5.92 Å². The van der Waals surface area contributed by atoms with Gasteiger partial charge in [-0.1, -0.05) is 37.3 Å². The highest BCUT2D eigenvalue weighted by atomic mass is 16.3. The molecule has 1 atom stereocenters. The first kappa shape index (κ1) is 11.6. The minimum atomic E-state index is 0.208. The van der Waals surface area contributed by atoms with E-state index in [0.29, 0.717) is 6.04 Å². The van der Waals surface area contributed by atoms with Gasteiger partial charge in [0.25, 0.3) is 0 Å².